The van der Waals surface area contributed by atoms with E-state index in [4.69, 9.17) is 5.73 Å². The number of nitrogens with zero attached hydrogens (tertiary/aromatic N) is 2. The summed E-state index contributed by atoms with van der Waals surface area (Å²) in [6, 6.07) is 7.09. The van der Waals surface area contributed by atoms with Crippen LogP contribution in [0.25, 0.3) is 5.69 Å². The first-order valence-electron chi connectivity index (χ1n) is 6.56. The van der Waals surface area contributed by atoms with Crippen molar-refractivity contribution in [3.63, 3.8) is 0 Å². The molecule has 0 aliphatic rings. The minimum atomic E-state index is 0.243. The van der Waals surface area contributed by atoms with Gasteiger partial charge >= 0.3 is 0 Å². The van der Waals surface area contributed by atoms with Gasteiger partial charge in [0.2, 0.25) is 0 Å². The normalized spacial score (nSPS) is 10.6. The summed E-state index contributed by atoms with van der Waals surface area (Å²) in [6.45, 7) is 3.61. The number of rotatable bonds is 6. The van der Waals surface area contributed by atoms with E-state index in [1.807, 2.05) is 23.0 Å². The molecule has 0 amide bonds. The molecule has 0 saturated heterocycles. The van der Waals surface area contributed by atoms with Crippen LogP contribution in [0.4, 0.5) is 5.69 Å². The van der Waals surface area contributed by atoms with Crippen LogP contribution in [0, 0.1) is 0 Å². The molecule has 0 unspecified atom stereocenters. The second kappa shape index (κ2) is 6.24. The summed E-state index contributed by atoms with van der Waals surface area (Å²) in [5, 5.41) is 17.3. The zero-order chi connectivity index (χ0) is 13.7. The lowest BCUT2D eigenvalue weighted by atomic mass is 10.2. The van der Waals surface area contributed by atoms with E-state index in [-0.39, 0.29) is 5.75 Å². The standard InChI is InChI=1S/C14H20N4O/c1-2-14-13(16-8-4-7-15)10-17-18(14)11-5-3-6-12(19)9-11/h3,5-6,9-10,16,19H,2,4,7-8,15H2,1H3. The average molecular weight is 260 g/mol. The lowest BCUT2D eigenvalue weighted by Gasteiger charge is -2.09. The van der Waals surface area contributed by atoms with E-state index in [1.54, 1.807) is 12.1 Å². The van der Waals surface area contributed by atoms with Gasteiger partial charge in [0.05, 0.1) is 23.3 Å². The van der Waals surface area contributed by atoms with Gasteiger partial charge in [0, 0.05) is 12.6 Å². The van der Waals surface area contributed by atoms with Crippen LogP contribution in [0.2, 0.25) is 0 Å². The van der Waals surface area contributed by atoms with Crippen LogP contribution in [-0.2, 0) is 6.42 Å². The fourth-order valence-corrected chi connectivity index (χ4v) is 2.03. The van der Waals surface area contributed by atoms with Crippen LogP contribution in [0.1, 0.15) is 19.0 Å². The minimum Gasteiger partial charge on any atom is -0.508 e. The lowest BCUT2D eigenvalue weighted by Crippen LogP contribution is -2.10. The molecule has 0 fully saturated rings. The van der Waals surface area contributed by atoms with Gasteiger partial charge in [-0.3, -0.25) is 0 Å². The first kappa shape index (κ1) is 13.4. The van der Waals surface area contributed by atoms with Gasteiger partial charge in [0.15, 0.2) is 0 Å². The number of nitrogens with two attached hydrogens (primary N) is 1. The van der Waals surface area contributed by atoms with E-state index in [0.29, 0.717) is 6.54 Å². The van der Waals surface area contributed by atoms with Crippen LogP contribution in [0.15, 0.2) is 30.5 Å². The van der Waals surface area contributed by atoms with Crippen molar-refractivity contribution in [1.82, 2.24) is 9.78 Å². The molecule has 0 saturated carbocycles. The Bertz CT molecular complexity index is 536. The Kier molecular flexibility index (Phi) is 4.41. The largest absolute Gasteiger partial charge is 0.508 e. The van der Waals surface area contributed by atoms with Gasteiger partial charge in [-0.2, -0.15) is 5.10 Å². The summed E-state index contributed by atoms with van der Waals surface area (Å²) < 4.78 is 1.85. The molecule has 1 aromatic carbocycles. The molecule has 0 atom stereocenters. The summed E-state index contributed by atoms with van der Waals surface area (Å²) in [5.74, 6) is 0.243. The van der Waals surface area contributed by atoms with Gasteiger partial charge < -0.3 is 16.2 Å². The molecule has 0 aliphatic heterocycles. The third kappa shape index (κ3) is 3.06. The molecular weight excluding hydrogens is 240 g/mol. The number of aromatic hydroxyl groups is 1. The van der Waals surface area contributed by atoms with Crippen molar-refractivity contribution in [2.45, 2.75) is 19.8 Å². The smallest absolute Gasteiger partial charge is 0.117 e. The molecule has 1 aromatic heterocycles. The van der Waals surface area contributed by atoms with Crippen molar-refractivity contribution in [3.8, 4) is 11.4 Å². The predicted octanol–water partition coefficient (Wildman–Crippen LogP) is 1.90. The van der Waals surface area contributed by atoms with Crippen molar-refractivity contribution in [3.05, 3.63) is 36.2 Å². The highest BCUT2D eigenvalue weighted by atomic mass is 16.3. The van der Waals surface area contributed by atoms with Gasteiger partial charge in [0.1, 0.15) is 5.75 Å². The van der Waals surface area contributed by atoms with Crippen LogP contribution in [0.5, 0.6) is 5.75 Å². The van der Waals surface area contributed by atoms with Gasteiger partial charge in [-0.15, -0.1) is 0 Å². The van der Waals surface area contributed by atoms with E-state index >= 15 is 0 Å². The van der Waals surface area contributed by atoms with Crippen molar-refractivity contribution in [2.75, 3.05) is 18.4 Å². The van der Waals surface area contributed by atoms with Crippen LogP contribution in [-0.4, -0.2) is 28.0 Å². The van der Waals surface area contributed by atoms with E-state index in [0.717, 1.165) is 36.5 Å². The molecule has 2 aromatic rings. The van der Waals surface area contributed by atoms with Crippen molar-refractivity contribution < 1.29 is 5.11 Å². The fraction of sp³-hybridized carbons (Fsp3) is 0.357. The molecule has 0 bridgehead atoms. The SMILES string of the molecule is CCc1c(NCCCN)cnn1-c1cccc(O)c1. The molecule has 4 N–H and O–H groups in total. The van der Waals surface area contributed by atoms with Crippen molar-refractivity contribution in [1.29, 1.82) is 0 Å². The monoisotopic (exact) mass is 260 g/mol. The third-order valence-corrected chi connectivity index (χ3v) is 2.97. The fourth-order valence-electron chi connectivity index (χ4n) is 2.03. The van der Waals surface area contributed by atoms with Crippen LogP contribution >= 0.6 is 0 Å². The molecule has 2 rings (SSSR count). The molecule has 102 valence electrons. The molecule has 5 heteroatoms. The van der Waals surface area contributed by atoms with Crippen LogP contribution < -0.4 is 11.1 Å². The molecule has 0 spiro atoms. The Morgan fingerprint density at radius 2 is 2.26 bits per heavy atom. The zero-order valence-corrected chi connectivity index (χ0v) is 11.1. The summed E-state index contributed by atoms with van der Waals surface area (Å²) in [7, 11) is 0. The number of phenols is 1. The second-order valence-corrected chi connectivity index (χ2v) is 4.36. The zero-order valence-electron chi connectivity index (χ0n) is 11.1. The Morgan fingerprint density at radius 3 is 2.95 bits per heavy atom. The number of nitrogens with one attached hydrogen (secondary N) is 1. The maximum absolute atomic E-state index is 9.55. The van der Waals surface area contributed by atoms with E-state index < -0.39 is 0 Å². The number of hydrogen-bond donors (Lipinski definition) is 3. The van der Waals surface area contributed by atoms with Crippen molar-refractivity contribution >= 4 is 5.69 Å². The average Bonchev–Trinajstić information content (AvgIpc) is 2.82. The third-order valence-electron chi connectivity index (χ3n) is 2.97. The first-order chi connectivity index (χ1) is 9.26. The highest BCUT2D eigenvalue weighted by Crippen LogP contribution is 2.22. The van der Waals surface area contributed by atoms with Gasteiger partial charge in [-0.05, 0) is 31.5 Å². The Morgan fingerprint density at radius 1 is 1.42 bits per heavy atom. The minimum absolute atomic E-state index is 0.243. The number of phenolic OH excluding ortho intramolecular Hbond substituents is 1. The van der Waals surface area contributed by atoms with Gasteiger partial charge in [-0.1, -0.05) is 13.0 Å². The van der Waals surface area contributed by atoms with Crippen LogP contribution in [0.3, 0.4) is 0 Å². The topological polar surface area (TPSA) is 76.1 Å². The first-order valence-corrected chi connectivity index (χ1v) is 6.56. The van der Waals surface area contributed by atoms with Gasteiger partial charge in [-0.25, -0.2) is 4.68 Å². The highest BCUT2D eigenvalue weighted by molar-refractivity contribution is 5.51. The quantitative estimate of drug-likeness (QED) is 0.693. The molecule has 0 radical (unpaired) electrons. The van der Waals surface area contributed by atoms with E-state index in [2.05, 4.69) is 17.3 Å². The number of benzene rings is 1. The molecular formula is C14H20N4O. The number of hydrogen-bond acceptors (Lipinski definition) is 4. The predicted molar refractivity (Wildman–Crippen MR) is 76.8 cm³/mol. The Labute approximate surface area is 113 Å². The van der Waals surface area contributed by atoms with E-state index in [9.17, 15) is 5.11 Å². The maximum Gasteiger partial charge on any atom is 0.117 e. The summed E-state index contributed by atoms with van der Waals surface area (Å²) >= 11 is 0. The Balaban J connectivity index is 2.26. The van der Waals surface area contributed by atoms with E-state index in [1.165, 1.54) is 0 Å². The summed E-state index contributed by atoms with van der Waals surface area (Å²) in [6.07, 6.45) is 3.61. The highest BCUT2D eigenvalue weighted by Gasteiger charge is 2.10. The second-order valence-electron chi connectivity index (χ2n) is 4.36. The Hall–Kier alpha value is -2.01. The van der Waals surface area contributed by atoms with Crippen molar-refractivity contribution in [2.24, 2.45) is 5.73 Å². The number of aromatic nitrogens is 2. The molecule has 0 aliphatic carbocycles. The maximum atomic E-state index is 9.55. The summed E-state index contributed by atoms with van der Waals surface area (Å²) in [4.78, 5) is 0. The molecule has 5 nitrogen and oxygen atoms in total. The number of anilines is 1. The molecule has 19 heavy (non-hydrogen) atoms. The summed E-state index contributed by atoms with van der Waals surface area (Å²) in [5.41, 5.74) is 8.48. The van der Waals surface area contributed by atoms with Gasteiger partial charge in [0.25, 0.3) is 0 Å². The lowest BCUT2D eigenvalue weighted by molar-refractivity contribution is 0.474. The molecule has 1 heterocycles.